The van der Waals surface area contributed by atoms with Gasteiger partial charge in [0.15, 0.2) is 11.5 Å². The van der Waals surface area contributed by atoms with E-state index in [4.69, 9.17) is 9.15 Å². The first kappa shape index (κ1) is 20.6. The van der Waals surface area contributed by atoms with Crippen LogP contribution in [0.3, 0.4) is 0 Å². The summed E-state index contributed by atoms with van der Waals surface area (Å²) in [7, 11) is 1.58. The lowest BCUT2D eigenvalue weighted by molar-refractivity contribution is -0.286. The number of anilines is 1. The van der Waals surface area contributed by atoms with E-state index in [0.29, 0.717) is 23.6 Å². The first-order chi connectivity index (χ1) is 15.4. The second-order valence-electron chi connectivity index (χ2n) is 7.87. The molecule has 0 saturated carbocycles. The topological polar surface area (TPSA) is 73.2 Å². The molecule has 0 amide bonds. The molecule has 7 nitrogen and oxygen atoms in total. The molecule has 2 aliphatic rings. The van der Waals surface area contributed by atoms with Gasteiger partial charge in [0, 0.05) is 24.0 Å². The van der Waals surface area contributed by atoms with Crippen molar-refractivity contribution in [2.24, 2.45) is 0 Å². The number of piperidine rings is 1. The van der Waals surface area contributed by atoms with Gasteiger partial charge >= 0.3 is 11.9 Å². The van der Waals surface area contributed by atoms with Crippen molar-refractivity contribution in [1.82, 2.24) is 5.32 Å². The van der Waals surface area contributed by atoms with Gasteiger partial charge in [0.1, 0.15) is 11.3 Å². The molecule has 1 N–H and O–H groups in total. The minimum Gasteiger partial charge on any atom is -0.497 e. The lowest BCUT2D eigenvalue weighted by Crippen LogP contribution is -2.43. The van der Waals surface area contributed by atoms with E-state index >= 15 is 0 Å². The molecule has 9 heteroatoms. The molecule has 0 atom stereocenters. The molecule has 1 saturated heterocycles. The lowest BCUT2D eigenvalue weighted by atomic mass is 10.0. The Hall–Kier alpha value is -3.33. The highest BCUT2D eigenvalue weighted by molar-refractivity contribution is 5.91. The van der Waals surface area contributed by atoms with Crippen molar-refractivity contribution in [2.75, 3.05) is 25.1 Å². The summed E-state index contributed by atoms with van der Waals surface area (Å²) in [6, 6.07) is 11.7. The summed E-state index contributed by atoms with van der Waals surface area (Å²) in [4.78, 5) is 14.5. The molecule has 1 aromatic heterocycles. The fourth-order valence-electron chi connectivity index (χ4n) is 4.31. The number of alkyl halides is 2. The number of nitrogens with one attached hydrogen (secondary N) is 1. The van der Waals surface area contributed by atoms with Crippen molar-refractivity contribution < 1.29 is 27.4 Å². The lowest BCUT2D eigenvalue weighted by Gasteiger charge is -2.37. The summed E-state index contributed by atoms with van der Waals surface area (Å²) in [5.41, 5.74) is 1.47. The van der Waals surface area contributed by atoms with Gasteiger partial charge in [0.05, 0.1) is 12.8 Å². The number of halogens is 2. The molecule has 0 bridgehead atoms. The van der Waals surface area contributed by atoms with Gasteiger partial charge < -0.3 is 28.8 Å². The maximum absolute atomic E-state index is 13.5. The standard InChI is InChI=1S/C23H22F2N2O5/c1-29-16-3-5-19-17(11-16)18(12-22(28)30-19)27(15-6-8-26-9-7-15)13-14-2-4-20-21(10-14)32-23(24,25)31-20/h2-5,10-12,15,26H,6-9,13H2,1H3. The summed E-state index contributed by atoms with van der Waals surface area (Å²) in [5, 5.41) is 4.09. The summed E-state index contributed by atoms with van der Waals surface area (Å²) < 4.78 is 46.8. The molecule has 1 fully saturated rings. The predicted molar refractivity (Wildman–Crippen MR) is 114 cm³/mol. The molecule has 3 heterocycles. The van der Waals surface area contributed by atoms with Crippen molar-refractivity contribution in [3.8, 4) is 17.2 Å². The zero-order valence-electron chi connectivity index (χ0n) is 17.4. The third-order valence-corrected chi connectivity index (χ3v) is 5.81. The van der Waals surface area contributed by atoms with Gasteiger partial charge in [-0.05, 0) is 61.8 Å². The van der Waals surface area contributed by atoms with E-state index < -0.39 is 11.9 Å². The van der Waals surface area contributed by atoms with Crippen LogP contribution in [0.15, 0.2) is 51.7 Å². The number of rotatable bonds is 5. The smallest absolute Gasteiger partial charge is 0.497 e. The number of fused-ring (bicyclic) bond motifs is 2. The van der Waals surface area contributed by atoms with E-state index in [-0.39, 0.29) is 17.5 Å². The molecule has 0 aliphatic carbocycles. The highest BCUT2D eigenvalue weighted by Crippen LogP contribution is 2.42. The molecule has 0 unspecified atom stereocenters. The van der Waals surface area contributed by atoms with Crippen LogP contribution in [0.2, 0.25) is 0 Å². The Kier molecular flexibility index (Phi) is 5.13. The molecular weight excluding hydrogens is 422 g/mol. The zero-order chi connectivity index (χ0) is 22.3. The fourth-order valence-corrected chi connectivity index (χ4v) is 4.31. The average Bonchev–Trinajstić information content (AvgIpc) is 3.10. The van der Waals surface area contributed by atoms with E-state index in [1.165, 1.54) is 12.1 Å². The van der Waals surface area contributed by atoms with Crippen LogP contribution >= 0.6 is 0 Å². The van der Waals surface area contributed by atoms with E-state index in [2.05, 4.69) is 19.7 Å². The van der Waals surface area contributed by atoms with Crippen molar-refractivity contribution in [2.45, 2.75) is 31.7 Å². The molecule has 3 aromatic rings. The number of methoxy groups -OCH3 is 1. The first-order valence-corrected chi connectivity index (χ1v) is 10.4. The highest BCUT2D eigenvalue weighted by Gasteiger charge is 2.43. The van der Waals surface area contributed by atoms with Gasteiger partial charge in [-0.25, -0.2) is 4.79 Å². The second kappa shape index (κ2) is 7.98. The van der Waals surface area contributed by atoms with Gasteiger partial charge in [-0.3, -0.25) is 0 Å². The van der Waals surface area contributed by atoms with Crippen LogP contribution in [-0.4, -0.2) is 32.5 Å². The van der Waals surface area contributed by atoms with Crippen molar-refractivity contribution in [3.63, 3.8) is 0 Å². The average molecular weight is 444 g/mol. The Balaban J connectivity index is 1.58. The van der Waals surface area contributed by atoms with E-state index in [0.717, 1.165) is 36.9 Å². The molecule has 5 rings (SSSR count). The van der Waals surface area contributed by atoms with Crippen LogP contribution in [0.25, 0.3) is 11.0 Å². The maximum Gasteiger partial charge on any atom is 0.586 e. The molecule has 0 radical (unpaired) electrons. The van der Waals surface area contributed by atoms with Gasteiger partial charge in [-0.2, -0.15) is 0 Å². The maximum atomic E-state index is 13.5. The molecule has 32 heavy (non-hydrogen) atoms. The summed E-state index contributed by atoms with van der Waals surface area (Å²) in [6.07, 6.45) is -1.93. The SMILES string of the molecule is COc1ccc2oc(=O)cc(N(Cc3ccc4c(c3)OC(F)(F)O4)C3CCNCC3)c2c1. The minimum atomic E-state index is -3.67. The number of ether oxygens (including phenoxy) is 3. The van der Waals surface area contributed by atoms with E-state index in [1.807, 2.05) is 6.07 Å². The Bertz CT molecular complexity index is 1210. The number of nitrogens with zero attached hydrogens (tertiary/aromatic N) is 1. The van der Waals surface area contributed by atoms with E-state index in [1.54, 1.807) is 31.4 Å². The second-order valence-corrected chi connectivity index (χ2v) is 7.87. The quantitative estimate of drug-likeness (QED) is 0.599. The molecule has 2 aliphatic heterocycles. The van der Waals surface area contributed by atoms with Crippen LogP contribution in [0.4, 0.5) is 14.5 Å². The Labute approximate surface area is 182 Å². The van der Waals surface area contributed by atoms with Gasteiger partial charge in [-0.15, -0.1) is 8.78 Å². The third-order valence-electron chi connectivity index (χ3n) is 5.81. The van der Waals surface area contributed by atoms with Gasteiger partial charge in [0.25, 0.3) is 0 Å². The predicted octanol–water partition coefficient (Wildman–Crippen LogP) is 3.88. The molecule has 2 aromatic carbocycles. The van der Waals surface area contributed by atoms with Crippen LogP contribution in [-0.2, 0) is 6.54 Å². The van der Waals surface area contributed by atoms with Crippen LogP contribution < -0.4 is 30.1 Å². The van der Waals surface area contributed by atoms with Crippen molar-refractivity contribution in [3.05, 3.63) is 58.4 Å². The Morgan fingerprint density at radius 2 is 1.88 bits per heavy atom. The summed E-state index contributed by atoms with van der Waals surface area (Å²) >= 11 is 0. The Morgan fingerprint density at radius 3 is 2.66 bits per heavy atom. The highest BCUT2D eigenvalue weighted by atomic mass is 19.3. The first-order valence-electron chi connectivity index (χ1n) is 10.4. The monoisotopic (exact) mass is 444 g/mol. The largest absolute Gasteiger partial charge is 0.586 e. The van der Waals surface area contributed by atoms with Crippen molar-refractivity contribution >= 4 is 16.7 Å². The van der Waals surface area contributed by atoms with Gasteiger partial charge in [-0.1, -0.05) is 6.07 Å². The minimum absolute atomic E-state index is 0.00251. The van der Waals surface area contributed by atoms with E-state index in [9.17, 15) is 13.6 Å². The number of benzene rings is 2. The van der Waals surface area contributed by atoms with Crippen molar-refractivity contribution in [1.29, 1.82) is 0 Å². The zero-order valence-corrected chi connectivity index (χ0v) is 17.4. The normalized spacial score (nSPS) is 17.5. The number of hydrogen-bond donors (Lipinski definition) is 1. The fraction of sp³-hybridized carbons (Fsp3) is 0.348. The molecule has 168 valence electrons. The summed E-state index contributed by atoms with van der Waals surface area (Å²) in [5.74, 6) is 0.641. The molecule has 0 spiro atoms. The van der Waals surface area contributed by atoms with Crippen LogP contribution in [0, 0.1) is 0 Å². The van der Waals surface area contributed by atoms with Crippen LogP contribution in [0.1, 0.15) is 18.4 Å². The van der Waals surface area contributed by atoms with Crippen LogP contribution in [0.5, 0.6) is 17.2 Å². The molecular formula is C23H22F2N2O5. The summed E-state index contributed by atoms with van der Waals surface area (Å²) in [6.45, 7) is 2.08. The third kappa shape index (κ3) is 3.95. The van der Waals surface area contributed by atoms with Gasteiger partial charge in [0.2, 0.25) is 0 Å². The number of hydrogen-bond acceptors (Lipinski definition) is 7. The Morgan fingerprint density at radius 1 is 1.09 bits per heavy atom.